The highest BCUT2D eigenvalue weighted by Crippen LogP contribution is 2.35. The molecule has 0 radical (unpaired) electrons. The largest absolute Gasteiger partial charge is 0.467 e. The number of rotatable bonds is 9. The van der Waals surface area contributed by atoms with Crippen molar-refractivity contribution in [3.63, 3.8) is 0 Å². The predicted octanol–water partition coefficient (Wildman–Crippen LogP) is 7.43. The molecule has 3 aromatic heterocycles. The first-order chi connectivity index (χ1) is 26.0. The number of nitrogens with zero attached hydrogens (tertiary/aromatic N) is 5. The number of nitrogens with one attached hydrogen (secondary N) is 1. The molecular weight excluding hydrogens is 704 g/mol. The smallest absolute Gasteiger partial charge is 0.420 e. The minimum absolute atomic E-state index is 0.154. The minimum atomic E-state index is -0.824. The average molecular weight is 755 g/mol. The Kier molecular flexibility index (Phi) is 12.2. The summed E-state index contributed by atoms with van der Waals surface area (Å²) in [6, 6.07) is 15.6. The lowest BCUT2D eigenvalue weighted by Gasteiger charge is -2.27. The Balaban J connectivity index is 1.45. The van der Waals surface area contributed by atoms with E-state index in [-0.39, 0.29) is 25.7 Å². The number of carbonyl (C=O) groups is 4. The van der Waals surface area contributed by atoms with Crippen molar-refractivity contribution in [1.29, 1.82) is 0 Å². The number of likely N-dealkylation sites (tertiary alicyclic amines) is 1. The normalized spacial score (nSPS) is 15.9. The van der Waals surface area contributed by atoms with Crippen molar-refractivity contribution in [3.8, 4) is 11.3 Å². The SMILES string of the molecule is COC(=O)[C@@H]1C[C@H](Nc2cccc(-c3ccnc4c3c(C=CCN(C)C(=O)OCc3ccccc3)c(C)n4C(=O)OC(C)(C)C)n2)CN1C(=O)OC(C)(C)C. The van der Waals surface area contributed by atoms with Gasteiger partial charge in [-0.1, -0.05) is 48.6 Å². The number of benzene rings is 1. The van der Waals surface area contributed by atoms with Gasteiger partial charge in [0.15, 0.2) is 5.65 Å². The van der Waals surface area contributed by atoms with E-state index in [1.54, 1.807) is 60.9 Å². The van der Waals surface area contributed by atoms with Gasteiger partial charge >= 0.3 is 24.2 Å². The van der Waals surface area contributed by atoms with E-state index in [1.165, 1.54) is 21.5 Å². The van der Waals surface area contributed by atoms with Crippen LogP contribution in [0, 0.1) is 6.92 Å². The second-order valence-corrected chi connectivity index (χ2v) is 15.4. The van der Waals surface area contributed by atoms with Gasteiger partial charge in [0.25, 0.3) is 0 Å². The maximum Gasteiger partial charge on any atom is 0.420 e. The molecule has 1 aromatic carbocycles. The maximum atomic E-state index is 13.6. The first-order valence-electron chi connectivity index (χ1n) is 18.1. The van der Waals surface area contributed by atoms with Crippen LogP contribution >= 0.6 is 0 Å². The Morgan fingerprint density at radius 2 is 1.64 bits per heavy atom. The highest BCUT2D eigenvalue weighted by atomic mass is 16.6. The van der Waals surface area contributed by atoms with E-state index in [9.17, 15) is 19.2 Å². The molecule has 2 atom stereocenters. The molecule has 1 aliphatic rings. The summed E-state index contributed by atoms with van der Waals surface area (Å²) < 4.78 is 23.3. The molecular formula is C41H50N6O8. The molecule has 0 unspecified atom stereocenters. The predicted molar refractivity (Wildman–Crippen MR) is 208 cm³/mol. The number of fused-ring (bicyclic) bond motifs is 1. The van der Waals surface area contributed by atoms with Crippen LogP contribution in [0.4, 0.5) is 20.2 Å². The highest BCUT2D eigenvalue weighted by molar-refractivity contribution is 6.03. The number of pyridine rings is 2. The Hall–Kier alpha value is -5.92. The molecule has 5 rings (SSSR count). The van der Waals surface area contributed by atoms with Gasteiger partial charge < -0.3 is 29.2 Å². The fourth-order valence-electron chi connectivity index (χ4n) is 6.22. The molecule has 0 bridgehead atoms. The number of hydrogen-bond acceptors (Lipinski definition) is 11. The molecule has 292 valence electrons. The molecule has 0 saturated carbocycles. The van der Waals surface area contributed by atoms with Gasteiger partial charge in [0.05, 0.1) is 12.8 Å². The number of carbonyl (C=O) groups excluding carboxylic acids is 4. The third kappa shape index (κ3) is 9.99. The highest BCUT2D eigenvalue weighted by Gasteiger charge is 2.42. The lowest BCUT2D eigenvalue weighted by atomic mass is 10.0. The molecule has 14 heteroatoms. The number of hydrogen-bond donors (Lipinski definition) is 1. The molecule has 0 spiro atoms. The summed E-state index contributed by atoms with van der Waals surface area (Å²) in [6.45, 7) is 13.1. The second-order valence-electron chi connectivity index (χ2n) is 15.4. The lowest BCUT2D eigenvalue weighted by molar-refractivity contribution is -0.145. The van der Waals surface area contributed by atoms with Crippen molar-refractivity contribution < 1.29 is 38.1 Å². The zero-order chi connectivity index (χ0) is 40.1. The third-order valence-electron chi connectivity index (χ3n) is 8.67. The minimum Gasteiger partial charge on any atom is -0.467 e. The molecule has 55 heavy (non-hydrogen) atoms. The van der Waals surface area contributed by atoms with E-state index >= 15 is 0 Å². The van der Waals surface area contributed by atoms with E-state index in [4.69, 9.17) is 23.9 Å². The van der Waals surface area contributed by atoms with Crippen LogP contribution in [0.15, 0.2) is 66.9 Å². The van der Waals surface area contributed by atoms with Crippen LogP contribution in [-0.4, -0.2) is 99.1 Å². The van der Waals surface area contributed by atoms with Crippen LogP contribution < -0.4 is 5.32 Å². The molecule has 1 saturated heterocycles. The Morgan fingerprint density at radius 3 is 2.31 bits per heavy atom. The van der Waals surface area contributed by atoms with Gasteiger partial charge in [0.2, 0.25) is 0 Å². The number of anilines is 1. The van der Waals surface area contributed by atoms with Crippen molar-refractivity contribution in [2.75, 3.05) is 32.6 Å². The van der Waals surface area contributed by atoms with E-state index in [0.29, 0.717) is 45.8 Å². The quantitative estimate of drug-likeness (QED) is 0.134. The number of amides is 2. The standard InChI is InChI=1S/C41H50N6O8/c1-26-29(17-14-22-45(8)37(49)53-25-27-15-11-10-12-16-27)34-30(20-21-42-35(34)47(26)39(51)55-41(5,6)7)31-18-13-19-33(44-31)43-28-23-32(36(48)52-9)46(24-28)38(50)54-40(2,3)4/h10-21,28,32H,22-25H2,1-9H3,(H,43,44)/t28-,32-/m0/s1. The van der Waals surface area contributed by atoms with Crippen LogP contribution in [0.5, 0.6) is 0 Å². The molecule has 4 heterocycles. The number of ether oxygens (including phenoxy) is 4. The average Bonchev–Trinajstić information content (AvgIpc) is 3.67. The van der Waals surface area contributed by atoms with Gasteiger partial charge in [-0.15, -0.1) is 0 Å². The molecule has 1 N–H and O–H groups in total. The summed E-state index contributed by atoms with van der Waals surface area (Å²) in [5.74, 6) is -0.0186. The number of likely N-dealkylation sites (N-methyl/N-ethyl adjacent to an activating group) is 1. The fraction of sp³-hybridized carbons (Fsp3) is 0.415. The van der Waals surface area contributed by atoms with Gasteiger partial charge in [0.1, 0.15) is 29.7 Å². The molecule has 14 nitrogen and oxygen atoms in total. The fourth-order valence-corrected chi connectivity index (χ4v) is 6.22. The van der Waals surface area contributed by atoms with Gasteiger partial charge in [-0.05, 0) is 72.2 Å². The second kappa shape index (κ2) is 16.6. The van der Waals surface area contributed by atoms with E-state index in [0.717, 1.165) is 5.56 Å². The topological polar surface area (TPSA) is 154 Å². The van der Waals surface area contributed by atoms with E-state index in [1.807, 2.05) is 67.6 Å². The van der Waals surface area contributed by atoms with Gasteiger partial charge in [-0.2, -0.15) is 0 Å². The van der Waals surface area contributed by atoms with Crippen molar-refractivity contribution in [3.05, 3.63) is 83.7 Å². The van der Waals surface area contributed by atoms with Crippen molar-refractivity contribution in [2.24, 2.45) is 0 Å². The molecule has 4 aromatic rings. The number of esters is 1. The molecule has 2 amide bonds. The van der Waals surface area contributed by atoms with Crippen molar-refractivity contribution in [1.82, 2.24) is 24.3 Å². The molecule has 0 aliphatic carbocycles. The van der Waals surface area contributed by atoms with E-state index in [2.05, 4.69) is 10.3 Å². The Bertz CT molecular complexity index is 2060. The summed E-state index contributed by atoms with van der Waals surface area (Å²) in [5.41, 5.74) is 2.33. The van der Waals surface area contributed by atoms with E-state index < -0.39 is 41.5 Å². The first-order valence-corrected chi connectivity index (χ1v) is 18.1. The lowest BCUT2D eigenvalue weighted by Crippen LogP contribution is -2.44. The Morgan fingerprint density at radius 1 is 0.945 bits per heavy atom. The zero-order valence-corrected chi connectivity index (χ0v) is 32.9. The maximum absolute atomic E-state index is 13.6. The van der Waals surface area contributed by atoms with Crippen molar-refractivity contribution >= 4 is 47.2 Å². The number of methoxy groups -OCH3 is 1. The monoisotopic (exact) mass is 754 g/mol. The number of aromatic nitrogens is 3. The van der Waals surface area contributed by atoms with Gasteiger partial charge in [-0.25, -0.2) is 33.7 Å². The summed E-state index contributed by atoms with van der Waals surface area (Å²) in [7, 11) is 2.94. The Labute approximate surface area is 321 Å². The summed E-state index contributed by atoms with van der Waals surface area (Å²) >= 11 is 0. The van der Waals surface area contributed by atoms with Gasteiger partial charge in [-0.3, -0.25) is 4.90 Å². The molecule has 1 fully saturated rings. The van der Waals surface area contributed by atoms with Crippen LogP contribution in [0.2, 0.25) is 0 Å². The van der Waals surface area contributed by atoms with Crippen LogP contribution in [0.1, 0.15) is 64.8 Å². The zero-order valence-electron chi connectivity index (χ0n) is 32.9. The van der Waals surface area contributed by atoms with Crippen LogP contribution in [-0.2, 0) is 30.3 Å². The van der Waals surface area contributed by atoms with Crippen LogP contribution in [0.25, 0.3) is 28.4 Å². The molecule has 1 aliphatic heterocycles. The summed E-state index contributed by atoms with van der Waals surface area (Å²) in [5, 5.41) is 4.04. The summed E-state index contributed by atoms with van der Waals surface area (Å²) in [4.78, 5) is 64.5. The summed E-state index contributed by atoms with van der Waals surface area (Å²) in [6.07, 6.45) is 3.91. The van der Waals surface area contributed by atoms with Gasteiger partial charge in [0, 0.05) is 61.0 Å². The van der Waals surface area contributed by atoms with Crippen molar-refractivity contribution in [2.45, 2.75) is 84.8 Å². The first kappa shape index (κ1) is 40.3. The van der Waals surface area contributed by atoms with Crippen LogP contribution in [0.3, 0.4) is 0 Å². The third-order valence-corrected chi connectivity index (χ3v) is 8.67.